The lowest BCUT2D eigenvalue weighted by molar-refractivity contribution is -0.122. The van der Waals surface area contributed by atoms with Crippen LogP contribution in [-0.4, -0.2) is 36.3 Å². The summed E-state index contributed by atoms with van der Waals surface area (Å²) in [5.41, 5.74) is 3.47. The summed E-state index contributed by atoms with van der Waals surface area (Å²) in [6.45, 7) is 4.75. The van der Waals surface area contributed by atoms with Gasteiger partial charge in [0, 0.05) is 26.1 Å². The molecular formula is C20H22ClN3O3S3. The number of sulfonamides is 1. The molecule has 2 aromatic heterocycles. The van der Waals surface area contributed by atoms with Crippen LogP contribution in [0.4, 0.5) is 0 Å². The van der Waals surface area contributed by atoms with Crippen LogP contribution in [0.15, 0.2) is 33.5 Å². The van der Waals surface area contributed by atoms with Gasteiger partial charge in [0.1, 0.15) is 4.21 Å². The molecule has 0 saturated carbocycles. The Bertz CT molecular complexity index is 1300. The van der Waals surface area contributed by atoms with E-state index in [1.54, 1.807) is 6.07 Å². The molecule has 4 rings (SSSR count). The Balaban J connectivity index is 1.51. The molecule has 1 fully saturated rings. The third-order valence-electron chi connectivity index (χ3n) is 5.58. The van der Waals surface area contributed by atoms with Crippen LogP contribution in [0, 0.1) is 19.8 Å². The predicted octanol–water partition coefficient (Wildman–Crippen LogP) is 4.10. The number of hydrogen-bond acceptors (Lipinski definition) is 5. The number of nitrogens with zero attached hydrogens (tertiary/aromatic N) is 3. The number of carbonyl (C=O) groups is 1. The molecule has 160 valence electrons. The molecule has 3 aromatic rings. The number of aromatic nitrogens is 1. The van der Waals surface area contributed by atoms with Crippen LogP contribution in [0.3, 0.4) is 0 Å². The molecule has 0 bridgehead atoms. The number of fused-ring (bicyclic) bond motifs is 1. The summed E-state index contributed by atoms with van der Waals surface area (Å²) < 4.78 is 30.6. The SMILES string of the molecule is Cc1cc2sc(=NC(=O)C3CCN(S(=O)(=O)c4ccc(Cl)s4)CC3)n(C)c2cc1C. The van der Waals surface area contributed by atoms with Crippen molar-refractivity contribution in [3.05, 3.63) is 44.5 Å². The van der Waals surface area contributed by atoms with E-state index >= 15 is 0 Å². The van der Waals surface area contributed by atoms with Crippen molar-refractivity contribution >= 4 is 60.4 Å². The third kappa shape index (κ3) is 4.01. The molecule has 30 heavy (non-hydrogen) atoms. The topological polar surface area (TPSA) is 71.7 Å². The monoisotopic (exact) mass is 483 g/mol. The van der Waals surface area contributed by atoms with Gasteiger partial charge >= 0.3 is 0 Å². The Hall–Kier alpha value is -1.52. The smallest absolute Gasteiger partial charge is 0.252 e. The van der Waals surface area contributed by atoms with E-state index in [1.807, 2.05) is 11.6 Å². The lowest BCUT2D eigenvalue weighted by Crippen LogP contribution is -2.40. The lowest BCUT2D eigenvalue weighted by atomic mass is 9.98. The summed E-state index contributed by atoms with van der Waals surface area (Å²) in [5.74, 6) is -0.445. The quantitative estimate of drug-likeness (QED) is 0.563. The highest BCUT2D eigenvalue weighted by atomic mass is 35.5. The van der Waals surface area contributed by atoms with Gasteiger partial charge in [0.05, 0.1) is 14.6 Å². The maximum Gasteiger partial charge on any atom is 0.252 e. The molecule has 0 N–H and O–H groups in total. The fourth-order valence-electron chi connectivity index (χ4n) is 3.58. The minimum atomic E-state index is -3.56. The Morgan fingerprint density at radius 1 is 1.13 bits per heavy atom. The Kier molecular flexibility index (Phi) is 5.93. The van der Waals surface area contributed by atoms with E-state index in [0.717, 1.165) is 21.6 Å². The maximum atomic E-state index is 12.8. The Morgan fingerprint density at radius 2 is 1.80 bits per heavy atom. The van der Waals surface area contributed by atoms with Gasteiger partial charge in [0.25, 0.3) is 15.9 Å². The molecule has 1 saturated heterocycles. The predicted molar refractivity (Wildman–Crippen MR) is 122 cm³/mol. The first kappa shape index (κ1) is 21.7. The molecule has 0 atom stereocenters. The average Bonchev–Trinajstić information content (AvgIpc) is 3.27. The molecule has 10 heteroatoms. The van der Waals surface area contributed by atoms with Crippen molar-refractivity contribution in [3.8, 4) is 0 Å². The largest absolute Gasteiger partial charge is 0.319 e. The Labute approximate surface area is 188 Å². The molecule has 1 aliphatic heterocycles. The summed E-state index contributed by atoms with van der Waals surface area (Å²) in [6.07, 6.45) is 0.932. The van der Waals surface area contributed by atoms with E-state index in [-0.39, 0.29) is 16.0 Å². The van der Waals surface area contributed by atoms with Crippen LogP contribution in [0.2, 0.25) is 4.34 Å². The molecule has 1 aromatic carbocycles. The van der Waals surface area contributed by atoms with Crippen LogP contribution < -0.4 is 4.80 Å². The van der Waals surface area contributed by atoms with Crippen molar-refractivity contribution in [1.82, 2.24) is 8.87 Å². The summed E-state index contributed by atoms with van der Waals surface area (Å²) in [5, 5.41) is 0. The van der Waals surface area contributed by atoms with Crippen molar-refractivity contribution in [2.24, 2.45) is 18.0 Å². The highest BCUT2D eigenvalue weighted by Crippen LogP contribution is 2.31. The molecule has 0 aliphatic carbocycles. The van der Waals surface area contributed by atoms with Crippen LogP contribution >= 0.6 is 34.3 Å². The number of piperidine rings is 1. The molecule has 6 nitrogen and oxygen atoms in total. The van der Waals surface area contributed by atoms with E-state index in [1.165, 1.54) is 32.8 Å². The molecule has 0 unspecified atom stereocenters. The zero-order valence-corrected chi connectivity index (χ0v) is 20.1. The first-order valence-electron chi connectivity index (χ1n) is 9.57. The second-order valence-electron chi connectivity index (χ2n) is 7.53. The highest BCUT2D eigenvalue weighted by molar-refractivity contribution is 7.91. The third-order valence-corrected chi connectivity index (χ3v) is 10.3. The lowest BCUT2D eigenvalue weighted by Gasteiger charge is -2.29. The first-order valence-corrected chi connectivity index (χ1v) is 13.0. The minimum Gasteiger partial charge on any atom is -0.319 e. The van der Waals surface area contributed by atoms with Gasteiger partial charge in [0.15, 0.2) is 4.80 Å². The van der Waals surface area contributed by atoms with Crippen molar-refractivity contribution in [1.29, 1.82) is 0 Å². The van der Waals surface area contributed by atoms with Crippen molar-refractivity contribution < 1.29 is 13.2 Å². The number of hydrogen-bond donors (Lipinski definition) is 0. The Morgan fingerprint density at radius 3 is 2.43 bits per heavy atom. The first-order chi connectivity index (χ1) is 14.2. The van der Waals surface area contributed by atoms with E-state index in [2.05, 4.69) is 31.0 Å². The standard InChI is InChI=1S/C20H22ClN3O3S3/c1-12-10-15-16(11-13(12)2)28-20(23(15)3)22-19(25)14-6-8-24(9-7-14)30(26,27)18-5-4-17(21)29-18/h4-5,10-11,14H,6-9H2,1-3H3. The molecule has 0 radical (unpaired) electrons. The van der Waals surface area contributed by atoms with Gasteiger partial charge in [-0.1, -0.05) is 22.9 Å². The van der Waals surface area contributed by atoms with Crippen LogP contribution in [0.25, 0.3) is 10.2 Å². The summed E-state index contributed by atoms with van der Waals surface area (Å²) in [7, 11) is -1.64. The fourth-order valence-corrected chi connectivity index (χ4v) is 7.79. The number of amides is 1. The summed E-state index contributed by atoms with van der Waals surface area (Å²) >= 11 is 8.44. The normalized spacial score (nSPS) is 17.1. The van der Waals surface area contributed by atoms with Crippen LogP contribution in [0.5, 0.6) is 0 Å². The van der Waals surface area contributed by atoms with Gasteiger partial charge in [0.2, 0.25) is 0 Å². The second-order valence-corrected chi connectivity index (χ2v) is 12.4. The summed E-state index contributed by atoms with van der Waals surface area (Å²) in [4.78, 5) is 17.9. The van der Waals surface area contributed by atoms with E-state index < -0.39 is 10.0 Å². The molecule has 3 heterocycles. The van der Waals surface area contributed by atoms with Gasteiger partial charge in [-0.3, -0.25) is 4.79 Å². The summed E-state index contributed by atoms with van der Waals surface area (Å²) in [6, 6.07) is 7.35. The molecule has 1 amide bonds. The van der Waals surface area contributed by atoms with Crippen molar-refractivity contribution in [2.75, 3.05) is 13.1 Å². The van der Waals surface area contributed by atoms with E-state index in [9.17, 15) is 13.2 Å². The molecule has 1 aliphatic rings. The number of benzene rings is 1. The van der Waals surface area contributed by atoms with E-state index in [4.69, 9.17) is 11.6 Å². The fraction of sp³-hybridized carbons (Fsp3) is 0.400. The number of thiazole rings is 1. The van der Waals surface area contributed by atoms with Gasteiger partial charge in [-0.15, -0.1) is 11.3 Å². The number of rotatable bonds is 3. The van der Waals surface area contributed by atoms with Crippen molar-refractivity contribution in [3.63, 3.8) is 0 Å². The minimum absolute atomic E-state index is 0.179. The molecule has 0 spiro atoms. The zero-order valence-electron chi connectivity index (χ0n) is 16.9. The maximum absolute atomic E-state index is 12.8. The van der Waals surface area contributed by atoms with Crippen LogP contribution in [0.1, 0.15) is 24.0 Å². The van der Waals surface area contributed by atoms with Gasteiger partial charge in [-0.25, -0.2) is 8.42 Å². The second kappa shape index (κ2) is 8.20. The number of aryl methyl sites for hydroxylation is 3. The van der Waals surface area contributed by atoms with Crippen molar-refractivity contribution in [2.45, 2.75) is 30.9 Å². The molecular weight excluding hydrogens is 462 g/mol. The number of halogens is 1. The van der Waals surface area contributed by atoms with Gasteiger partial charge in [-0.05, 0) is 62.1 Å². The average molecular weight is 484 g/mol. The zero-order chi connectivity index (χ0) is 21.6. The van der Waals surface area contributed by atoms with Gasteiger partial charge in [-0.2, -0.15) is 9.30 Å². The van der Waals surface area contributed by atoms with Gasteiger partial charge < -0.3 is 4.57 Å². The number of thiophene rings is 1. The highest BCUT2D eigenvalue weighted by Gasteiger charge is 2.33. The van der Waals surface area contributed by atoms with E-state index in [0.29, 0.717) is 35.1 Å². The van der Waals surface area contributed by atoms with Crippen LogP contribution in [-0.2, 0) is 21.9 Å². The number of carbonyl (C=O) groups excluding carboxylic acids is 1.